The molecule has 0 aliphatic heterocycles. The number of allylic oxidation sites excluding steroid dienone is 10. The zero-order valence-corrected chi connectivity index (χ0v) is 36.5. The number of hydrogen-bond acceptors (Lipinski definition) is 11. The van der Waals surface area contributed by atoms with Crippen molar-refractivity contribution in [1.29, 1.82) is 0 Å². The van der Waals surface area contributed by atoms with Gasteiger partial charge >= 0.3 is 13.8 Å². The first-order chi connectivity index (χ1) is 28.0. The lowest BCUT2D eigenvalue weighted by molar-refractivity contribution is -0.220. The van der Waals surface area contributed by atoms with Crippen LogP contribution in [-0.2, 0) is 27.9 Å². The highest BCUT2D eigenvalue weighted by atomic mass is 31.2. The summed E-state index contributed by atoms with van der Waals surface area (Å²) in [6, 6.07) is 0. The second-order valence-electron chi connectivity index (χ2n) is 15.2. The Morgan fingerprint density at radius 2 is 1.02 bits per heavy atom. The number of aliphatic hydroxyl groups excluding tert-OH is 5. The predicted octanol–water partition coefficient (Wildman–Crippen LogP) is 8.64. The standard InChI is InChI=1S/C45H79O12P/c1-3-5-7-9-11-13-15-17-18-19-20-21-23-25-27-29-31-33-35-54-36-38(37-55-58(52,53)57-45-43(50)41(48)40(47)42(49)44(45)51)56-39(46)34-32-30-28-26-24-22-16-14-12-10-8-6-4-2/h6,8,11-14,17-18,22,24,38,40-45,47-51H,3-5,7,9-10,15-16,19-21,23,25-37H2,1-2H3,(H,52,53)/b8-6-,13-11-,14-12-,18-17-,24-22-. The molecule has 1 saturated carbocycles. The molecule has 0 saturated heterocycles. The molecule has 1 aliphatic rings. The molecule has 0 aromatic heterocycles. The van der Waals surface area contributed by atoms with Gasteiger partial charge in [0.05, 0.1) is 13.2 Å². The van der Waals surface area contributed by atoms with E-state index in [1.165, 1.54) is 51.4 Å². The maximum atomic E-state index is 12.8. The third kappa shape index (κ3) is 27.7. The number of carbonyl (C=O) groups excluding carboxylic acids is 1. The van der Waals surface area contributed by atoms with Crippen LogP contribution in [0.1, 0.15) is 155 Å². The number of aliphatic hydroxyl groups is 5. The zero-order chi connectivity index (χ0) is 42.7. The monoisotopic (exact) mass is 843 g/mol. The van der Waals surface area contributed by atoms with Crippen molar-refractivity contribution in [3.8, 4) is 0 Å². The van der Waals surface area contributed by atoms with Crippen molar-refractivity contribution in [1.82, 2.24) is 0 Å². The molecule has 6 unspecified atom stereocenters. The van der Waals surface area contributed by atoms with Crippen molar-refractivity contribution in [2.45, 2.75) is 198 Å². The van der Waals surface area contributed by atoms with E-state index in [-0.39, 0.29) is 13.0 Å². The topological polar surface area (TPSA) is 192 Å². The lowest BCUT2D eigenvalue weighted by atomic mass is 9.85. The minimum atomic E-state index is -5.03. The van der Waals surface area contributed by atoms with Gasteiger partial charge < -0.3 is 39.9 Å². The first-order valence-electron chi connectivity index (χ1n) is 22.1. The van der Waals surface area contributed by atoms with E-state index in [0.717, 1.165) is 77.0 Å². The highest BCUT2D eigenvalue weighted by Gasteiger charge is 2.51. The maximum absolute atomic E-state index is 12.8. The van der Waals surface area contributed by atoms with E-state index in [1.807, 2.05) is 0 Å². The summed E-state index contributed by atoms with van der Waals surface area (Å²) < 4.78 is 34.1. The first kappa shape index (κ1) is 54.1. The molecule has 0 bridgehead atoms. The van der Waals surface area contributed by atoms with Crippen molar-refractivity contribution in [3.63, 3.8) is 0 Å². The van der Waals surface area contributed by atoms with Crippen molar-refractivity contribution in [2.75, 3.05) is 19.8 Å². The van der Waals surface area contributed by atoms with Crippen LogP contribution in [0.25, 0.3) is 0 Å². The average molecular weight is 843 g/mol. The quantitative estimate of drug-likeness (QED) is 0.0153. The van der Waals surface area contributed by atoms with Gasteiger partial charge in [-0.1, -0.05) is 132 Å². The summed E-state index contributed by atoms with van der Waals surface area (Å²) in [5.41, 5.74) is 0. The van der Waals surface area contributed by atoms with Gasteiger partial charge in [-0.05, 0) is 77.0 Å². The van der Waals surface area contributed by atoms with E-state index in [4.69, 9.17) is 18.5 Å². The molecule has 0 aromatic carbocycles. The van der Waals surface area contributed by atoms with Crippen LogP contribution in [0.15, 0.2) is 60.8 Å². The molecule has 336 valence electrons. The number of hydrogen-bond donors (Lipinski definition) is 6. The number of carbonyl (C=O) groups is 1. The molecular formula is C45H79O12P. The van der Waals surface area contributed by atoms with Gasteiger partial charge in [0.1, 0.15) is 42.7 Å². The molecule has 6 atom stereocenters. The molecular weight excluding hydrogens is 763 g/mol. The average Bonchev–Trinajstić information content (AvgIpc) is 3.21. The van der Waals surface area contributed by atoms with E-state index in [9.17, 15) is 39.8 Å². The van der Waals surface area contributed by atoms with E-state index < -0.39 is 63.1 Å². The Morgan fingerprint density at radius 3 is 1.55 bits per heavy atom. The van der Waals surface area contributed by atoms with Crippen LogP contribution in [0.5, 0.6) is 0 Å². The summed E-state index contributed by atoms with van der Waals surface area (Å²) in [4.78, 5) is 23.1. The Labute approximate surface area is 349 Å². The van der Waals surface area contributed by atoms with Crippen LogP contribution in [0.3, 0.4) is 0 Å². The van der Waals surface area contributed by atoms with Gasteiger partial charge in [0.15, 0.2) is 0 Å². The summed E-state index contributed by atoms with van der Waals surface area (Å²) in [5, 5.41) is 50.1. The molecule has 0 aromatic rings. The molecule has 0 heterocycles. The summed E-state index contributed by atoms with van der Waals surface area (Å²) in [5.74, 6) is -0.511. The van der Waals surface area contributed by atoms with Gasteiger partial charge in [-0.15, -0.1) is 0 Å². The number of phosphoric acid groups is 1. The van der Waals surface area contributed by atoms with E-state index in [0.29, 0.717) is 13.0 Å². The Bertz CT molecular complexity index is 1190. The van der Waals surface area contributed by atoms with Crippen LogP contribution >= 0.6 is 7.82 Å². The van der Waals surface area contributed by atoms with E-state index >= 15 is 0 Å². The molecule has 12 nitrogen and oxygen atoms in total. The summed E-state index contributed by atoms with van der Waals surface area (Å²) in [6.45, 7) is 4.05. The fourth-order valence-corrected chi connectivity index (χ4v) is 7.31. The SMILES string of the molecule is CC/C=C\C/C=C\C/C=C\CCCCCC(=O)OC(COCCCCCCCCCC/C=C\C/C=C\CCCCC)COP(=O)(O)OC1C(O)C(O)C(O)C(O)C1O. The molecule has 0 spiro atoms. The van der Waals surface area contributed by atoms with Gasteiger partial charge in [-0.25, -0.2) is 4.57 Å². The van der Waals surface area contributed by atoms with Crippen LogP contribution in [0, 0.1) is 0 Å². The van der Waals surface area contributed by atoms with Crippen LogP contribution in [0.2, 0.25) is 0 Å². The fourth-order valence-electron chi connectivity index (χ4n) is 6.34. The van der Waals surface area contributed by atoms with Crippen molar-refractivity contribution in [2.24, 2.45) is 0 Å². The van der Waals surface area contributed by atoms with Crippen LogP contribution in [0.4, 0.5) is 0 Å². The van der Waals surface area contributed by atoms with Gasteiger partial charge in [0.25, 0.3) is 0 Å². The minimum Gasteiger partial charge on any atom is -0.457 e. The first-order valence-corrected chi connectivity index (χ1v) is 23.6. The fraction of sp³-hybridized carbons (Fsp3) is 0.756. The minimum absolute atomic E-state index is 0.0954. The molecule has 58 heavy (non-hydrogen) atoms. The summed E-state index contributed by atoms with van der Waals surface area (Å²) in [7, 11) is -5.03. The zero-order valence-electron chi connectivity index (χ0n) is 35.6. The summed E-state index contributed by atoms with van der Waals surface area (Å²) in [6.07, 6.45) is 31.5. The molecule has 1 aliphatic carbocycles. The van der Waals surface area contributed by atoms with Gasteiger partial charge in [-0.2, -0.15) is 0 Å². The molecule has 1 rings (SSSR count). The molecule has 0 amide bonds. The van der Waals surface area contributed by atoms with Gasteiger partial charge in [-0.3, -0.25) is 13.8 Å². The van der Waals surface area contributed by atoms with Crippen molar-refractivity contribution < 1.29 is 58.3 Å². The highest BCUT2D eigenvalue weighted by Crippen LogP contribution is 2.47. The van der Waals surface area contributed by atoms with Crippen LogP contribution < -0.4 is 0 Å². The summed E-state index contributed by atoms with van der Waals surface area (Å²) >= 11 is 0. The smallest absolute Gasteiger partial charge is 0.457 e. The molecule has 13 heteroatoms. The van der Waals surface area contributed by atoms with Gasteiger partial charge in [0, 0.05) is 13.0 Å². The Kier molecular flexibility index (Phi) is 33.3. The second kappa shape index (κ2) is 35.8. The largest absolute Gasteiger partial charge is 0.472 e. The predicted molar refractivity (Wildman–Crippen MR) is 230 cm³/mol. The lowest BCUT2D eigenvalue weighted by Gasteiger charge is -2.41. The Balaban J connectivity index is 2.43. The number of unbranched alkanes of at least 4 members (excludes halogenated alkanes) is 14. The molecule has 0 radical (unpaired) electrons. The number of esters is 1. The lowest BCUT2D eigenvalue weighted by Crippen LogP contribution is -2.64. The third-order valence-corrected chi connectivity index (χ3v) is 10.9. The Hall–Kier alpha value is -1.96. The van der Waals surface area contributed by atoms with Crippen molar-refractivity contribution >= 4 is 13.8 Å². The normalized spacial score (nSPS) is 23.2. The Morgan fingerprint density at radius 1 is 0.569 bits per heavy atom. The number of rotatable bonds is 36. The number of phosphoric ester groups is 1. The number of ether oxygens (including phenoxy) is 2. The van der Waals surface area contributed by atoms with Crippen molar-refractivity contribution in [3.05, 3.63) is 60.8 Å². The van der Waals surface area contributed by atoms with E-state index in [2.05, 4.69) is 74.6 Å². The highest BCUT2D eigenvalue weighted by molar-refractivity contribution is 7.47. The van der Waals surface area contributed by atoms with Gasteiger partial charge in [0.2, 0.25) is 0 Å². The third-order valence-electron chi connectivity index (χ3n) is 9.87. The second-order valence-corrected chi connectivity index (χ2v) is 16.6. The van der Waals surface area contributed by atoms with E-state index in [1.54, 1.807) is 0 Å². The maximum Gasteiger partial charge on any atom is 0.472 e. The van der Waals surface area contributed by atoms with Crippen LogP contribution in [-0.4, -0.2) is 98.9 Å². The molecule has 1 fully saturated rings. The molecule has 6 N–H and O–H groups in total.